The monoisotopic (exact) mass is 212 g/mol. The maximum Gasteiger partial charge on any atom is 0.312 e. The average molecular weight is 212 g/mol. The molecule has 84 valence electrons. The third kappa shape index (κ3) is 2.55. The third-order valence-corrected chi connectivity index (χ3v) is 2.38. The van der Waals surface area contributed by atoms with Crippen molar-refractivity contribution in [2.75, 3.05) is 19.6 Å². The Labute approximate surface area is 89.0 Å². The van der Waals surface area contributed by atoms with Gasteiger partial charge in [-0.2, -0.15) is 0 Å². The second-order valence-corrected chi connectivity index (χ2v) is 4.02. The molecule has 0 atom stereocenters. The number of ketones is 1. The Morgan fingerprint density at radius 1 is 1.27 bits per heavy atom. The molecule has 5 nitrogen and oxygen atoms in total. The van der Waals surface area contributed by atoms with Crippen molar-refractivity contribution >= 4 is 17.6 Å². The second-order valence-electron chi connectivity index (χ2n) is 4.02. The zero-order chi connectivity index (χ0) is 11.6. The van der Waals surface area contributed by atoms with Crippen LogP contribution in [0.15, 0.2) is 0 Å². The van der Waals surface area contributed by atoms with Gasteiger partial charge in [0.15, 0.2) is 0 Å². The van der Waals surface area contributed by atoms with Crippen molar-refractivity contribution in [3.05, 3.63) is 0 Å². The summed E-state index contributed by atoms with van der Waals surface area (Å²) in [5.41, 5.74) is 0. The van der Waals surface area contributed by atoms with Crippen LogP contribution in [0.3, 0.4) is 0 Å². The molecule has 2 amide bonds. The van der Waals surface area contributed by atoms with Crippen molar-refractivity contribution in [2.45, 2.75) is 26.8 Å². The lowest BCUT2D eigenvalue weighted by Crippen LogP contribution is -2.57. The molecule has 0 bridgehead atoms. The Morgan fingerprint density at radius 3 is 2.33 bits per heavy atom. The van der Waals surface area contributed by atoms with Crippen molar-refractivity contribution in [1.29, 1.82) is 0 Å². The van der Waals surface area contributed by atoms with Gasteiger partial charge >= 0.3 is 11.8 Å². The molecule has 0 N–H and O–H groups in total. The molecule has 0 aliphatic carbocycles. The van der Waals surface area contributed by atoms with Crippen LogP contribution in [0.2, 0.25) is 0 Å². The largest absolute Gasteiger partial charge is 0.330 e. The highest BCUT2D eigenvalue weighted by atomic mass is 16.2. The lowest BCUT2D eigenvalue weighted by Gasteiger charge is -2.35. The minimum absolute atomic E-state index is 0.0286. The molecular formula is C10H16N2O3. The summed E-state index contributed by atoms with van der Waals surface area (Å²) in [5.74, 6) is -1.17. The normalized spacial score (nSPS) is 17.6. The van der Waals surface area contributed by atoms with E-state index < -0.39 is 11.8 Å². The SMILES string of the molecule is CC(=O)CN1CCN(C(C)C)C(=O)C1=O. The van der Waals surface area contributed by atoms with Gasteiger partial charge in [0.25, 0.3) is 0 Å². The number of amides is 2. The highest BCUT2D eigenvalue weighted by Crippen LogP contribution is 2.08. The molecule has 0 aromatic rings. The first-order valence-electron chi connectivity index (χ1n) is 5.02. The summed E-state index contributed by atoms with van der Waals surface area (Å²) in [6.07, 6.45) is 0. The number of hydrogen-bond acceptors (Lipinski definition) is 3. The summed E-state index contributed by atoms with van der Waals surface area (Å²) < 4.78 is 0. The van der Waals surface area contributed by atoms with Crippen LogP contribution in [0, 0.1) is 0 Å². The maximum atomic E-state index is 11.6. The standard InChI is InChI=1S/C10H16N2O3/c1-7(2)12-5-4-11(6-8(3)13)9(14)10(12)15/h7H,4-6H2,1-3H3. The summed E-state index contributed by atoms with van der Waals surface area (Å²) in [6.45, 7) is 6.14. The summed E-state index contributed by atoms with van der Waals surface area (Å²) in [4.78, 5) is 36.8. The summed E-state index contributed by atoms with van der Waals surface area (Å²) in [7, 11) is 0. The summed E-state index contributed by atoms with van der Waals surface area (Å²) in [6, 6.07) is 0.0286. The minimum Gasteiger partial charge on any atom is -0.330 e. The van der Waals surface area contributed by atoms with Gasteiger partial charge in [-0.15, -0.1) is 0 Å². The van der Waals surface area contributed by atoms with Gasteiger partial charge in [-0.05, 0) is 20.8 Å². The molecule has 1 saturated heterocycles. The Hall–Kier alpha value is -1.39. The van der Waals surface area contributed by atoms with E-state index in [2.05, 4.69) is 0 Å². The molecule has 1 aliphatic heterocycles. The van der Waals surface area contributed by atoms with Crippen LogP contribution in [0.1, 0.15) is 20.8 Å². The van der Waals surface area contributed by atoms with Crippen LogP contribution in [-0.4, -0.2) is 53.1 Å². The van der Waals surface area contributed by atoms with Gasteiger partial charge in [-0.1, -0.05) is 0 Å². The molecule has 5 heteroatoms. The van der Waals surface area contributed by atoms with E-state index in [-0.39, 0.29) is 18.4 Å². The van der Waals surface area contributed by atoms with Gasteiger partial charge in [0, 0.05) is 19.1 Å². The van der Waals surface area contributed by atoms with Gasteiger partial charge in [-0.3, -0.25) is 14.4 Å². The minimum atomic E-state index is -0.565. The highest BCUT2D eigenvalue weighted by molar-refractivity contribution is 6.35. The molecule has 15 heavy (non-hydrogen) atoms. The van der Waals surface area contributed by atoms with E-state index in [9.17, 15) is 14.4 Å². The van der Waals surface area contributed by atoms with Gasteiger partial charge < -0.3 is 9.80 Å². The van der Waals surface area contributed by atoms with Crippen molar-refractivity contribution in [3.8, 4) is 0 Å². The highest BCUT2D eigenvalue weighted by Gasteiger charge is 2.33. The Morgan fingerprint density at radius 2 is 1.87 bits per heavy atom. The third-order valence-electron chi connectivity index (χ3n) is 2.38. The zero-order valence-corrected chi connectivity index (χ0v) is 9.32. The van der Waals surface area contributed by atoms with Crippen LogP contribution >= 0.6 is 0 Å². The Balaban J connectivity index is 2.69. The van der Waals surface area contributed by atoms with Crippen molar-refractivity contribution < 1.29 is 14.4 Å². The molecule has 1 rings (SSSR count). The van der Waals surface area contributed by atoms with Gasteiger partial charge in [0.1, 0.15) is 5.78 Å². The average Bonchev–Trinajstić information content (AvgIpc) is 2.12. The fraction of sp³-hybridized carbons (Fsp3) is 0.700. The van der Waals surface area contributed by atoms with E-state index in [0.717, 1.165) is 0 Å². The van der Waals surface area contributed by atoms with Gasteiger partial charge in [0.2, 0.25) is 0 Å². The first-order chi connectivity index (χ1) is 6.93. The number of nitrogens with zero attached hydrogens (tertiary/aromatic N) is 2. The molecule has 1 heterocycles. The Kier molecular flexibility index (Phi) is 3.44. The summed E-state index contributed by atoms with van der Waals surface area (Å²) >= 11 is 0. The van der Waals surface area contributed by atoms with E-state index in [1.165, 1.54) is 16.7 Å². The summed E-state index contributed by atoms with van der Waals surface area (Å²) in [5, 5.41) is 0. The van der Waals surface area contributed by atoms with Gasteiger partial charge in [0.05, 0.1) is 6.54 Å². The smallest absolute Gasteiger partial charge is 0.312 e. The lowest BCUT2D eigenvalue weighted by atomic mass is 10.2. The molecule has 1 fully saturated rings. The van der Waals surface area contributed by atoms with Crippen LogP contribution < -0.4 is 0 Å². The number of carbonyl (C=O) groups excluding carboxylic acids is 3. The van der Waals surface area contributed by atoms with Crippen LogP contribution in [0.25, 0.3) is 0 Å². The molecule has 0 saturated carbocycles. The lowest BCUT2D eigenvalue weighted by molar-refractivity contribution is -0.157. The van der Waals surface area contributed by atoms with E-state index >= 15 is 0 Å². The zero-order valence-electron chi connectivity index (χ0n) is 9.32. The number of rotatable bonds is 3. The quantitative estimate of drug-likeness (QED) is 0.601. The van der Waals surface area contributed by atoms with E-state index in [0.29, 0.717) is 13.1 Å². The number of piperazine rings is 1. The second kappa shape index (κ2) is 4.42. The number of hydrogen-bond donors (Lipinski definition) is 0. The fourth-order valence-electron chi connectivity index (χ4n) is 1.60. The molecular weight excluding hydrogens is 196 g/mol. The van der Waals surface area contributed by atoms with Crippen molar-refractivity contribution in [1.82, 2.24) is 9.80 Å². The molecule has 0 unspecified atom stereocenters. The van der Waals surface area contributed by atoms with Crippen molar-refractivity contribution in [3.63, 3.8) is 0 Å². The first kappa shape index (κ1) is 11.7. The van der Waals surface area contributed by atoms with E-state index in [4.69, 9.17) is 0 Å². The van der Waals surface area contributed by atoms with Crippen molar-refractivity contribution in [2.24, 2.45) is 0 Å². The van der Waals surface area contributed by atoms with Crippen LogP contribution in [0.5, 0.6) is 0 Å². The Bertz CT molecular complexity index is 299. The topological polar surface area (TPSA) is 57.7 Å². The molecule has 1 aliphatic rings. The molecule has 0 aromatic carbocycles. The van der Waals surface area contributed by atoms with E-state index in [1.807, 2.05) is 13.8 Å². The van der Waals surface area contributed by atoms with Crippen LogP contribution in [0.4, 0.5) is 0 Å². The predicted molar refractivity (Wildman–Crippen MR) is 54.1 cm³/mol. The number of carbonyl (C=O) groups is 3. The molecule has 0 spiro atoms. The first-order valence-corrected chi connectivity index (χ1v) is 5.02. The predicted octanol–water partition coefficient (Wildman–Crippen LogP) is -0.345. The van der Waals surface area contributed by atoms with Gasteiger partial charge in [-0.25, -0.2) is 0 Å². The van der Waals surface area contributed by atoms with E-state index in [1.54, 1.807) is 0 Å². The number of Topliss-reactive ketones (excluding diaryl/α,β-unsaturated/α-hetero) is 1. The molecule has 0 aromatic heterocycles. The molecule has 0 radical (unpaired) electrons. The van der Waals surface area contributed by atoms with Crippen LogP contribution in [-0.2, 0) is 14.4 Å². The fourth-order valence-corrected chi connectivity index (χ4v) is 1.60. The maximum absolute atomic E-state index is 11.6.